The van der Waals surface area contributed by atoms with Crippen molar-refractivity contribution in [2.24, 2.45) is 9.98 Å². The summed E-state index contributed by atoms with van der Waals surface area (Å²) in [5, 5.41) is 0. The van der Waals surface area contributed by atoms with Gasteiger partial charge in [0.15, 0.2) is 0 Å². The molecule has 0 radical (unpaired) electrons. The summed E-state index contributed by atoms with van der Waals surface area (Å²) < 4.78 is 0. The van der Waals surface area contributed by atoms with Crippen molar-refractivity contribution in [2.45, 2.75) is 0 Å². The van der Waals surface area contributed by atoms with Crippen LogP contribution in [0.1, 0.15) is 0 Å². The molecule has 0 saturated carbocycles. The van der Waals surface area contributed by atoms with Gasteiger partial charge in [-0.05, 0) is 0 Å². The Kier molecular flexibility index (Phi) is 0.978. The van der Waals surface area contributed by atoms with Crippen LogP contribution in [0.25, 0.3) is 0 Å². The lowest BCUT2D eigenvalue weighted by Crippen LogP contribution is -2.02. The molecule has 1 amide bonds. The van der Waals surface area contributed by atoms with Crippen molar-refractivity contribution >= 4 is 18.3 Å². The molecule has 1 rings (SSSR count). The molecule has 0 saturated heterocycles. The third-order valence-electron chi connectivity index (χ3n) is 0.607. The summed E-state index contributed by atoms with van der Waals surface area (Å²) in [6.07, 6.45) is 2.71. The van der Waals surface area contributed by atoms with Crippen LogP contribution in [0.2, 0.25) is 0 Å². The summed E-state index contributed by atoms with van der Waals surface area (Å²) in [5.41, 5.74) is 0. The van der Waals surface area contributed by atoms with Gasteiger partial charge in [0, 0.05) is 6.21 Å². The zero-order chi connectivity index (χ0) is 5.11. The second kappa shape index (κ2) is 1.64. The molecule has 0 aromatic heterocycles. The SMILES string of the molecule is O=C1C=NCC=N1. The van der Waals surface area contributed by atoms with Gasteiger partial charge in [0.1, 0.15) is 0 Å². The van der Waals surface area contributed by atoms with Gasteiger partial charge in [-0.1, -0.05) is 0 Å². The van der Waals surface area contributed by atoms with E-state index in [1.807, 2.05) is 0 Å². The van der Waals surface area contributed by atoms with Gasteiger partial charge < -0.3 is 0 Å². The average Bonchev–Trinajstić information content (AvgIpc) is 1.69. The van der Waals surface area contributed by atoms with Gasteiger partial charge in [-0.3, -0.25) is 9.79 Å². The van der Waals surface area contributed by atoms with E-state index < -0.39 is 0 Å². The van der Waals surface area contributed by atoms with E-state index in [1.54, 1.807) is 0 Å². The molecule has 0 aromatic carbocycles. The van der Waals surface area contributed by atoms with E-state index in [0.717, 1.165) is 0 Å². The highest BCUT2D eigenvalue weighted by Crippen LogP contribution is 1.76. The average molecular weight is 96.1 g/mol. The van der Waals surface area contributed by atoms with Gasteiger partial charge in [0.05, 0.1) is 12.8 Å². The van der Waals surface area contributed by atoms with E-state index in [0.29, 0.717) is 6.54 Å². The van der Waals surface area contributed by atoms with Crippen LogP contribution in [-0.2, 0) is 4.79 Å². The van der Waals surface area contributed by atoms with Gasteiger partial charge >= 0.3 is 0 Å². The molecule has 0 atom stereocenters. The smallest absolute Gasteiger partial charge is 0.282 e. The predicted octanol–water partition coefficient (Wildman–Crippen LogP) is -0.332. The Hall–Kier alpha value is -0.990. The number of nitrogens with zero attached hydrogens (tertiary/aromatic N) is 2. The highest BCUT2D eigenvalue weighted by Gasteiger charge is 1.91. The Balaban J connectivity index is 2.66. The Morgan fingerprint density at radius 1 is 1.71 bits per heavy atom. The Bertz CT molecular complexity index is 123. The lowest BCUT2D eigenvalue weighted by molar-refractivity contribution is -0.111. The van der Waals surface area contributed by atoms with Crippen LogP contribution >= 0.6 is 0 Å². The molecule has 0 bridgehead atoms. The molecule has 3 heteroatoms. The Morgan fingerprint density at radius 2 is 2.57 bits per heavy atom. The van der Waals surface area contributed by atoms with Gasteiger partial charge in [0.2, 0.25) is 0 Å². The molecule has 0 aliphatic carbocycles. The van der Waals surface area contributed by atoms with Crippen LogP contribution in [-0.4, -0.2) is 24.9 Å². The maximum absolute atomic E-state index is 10.1. The second-order valence-electron chi connectivity index (χ2n) is 1.14. The first kappa shape index (κ1) is 4.18. The van der Waals surface area contributed by atoms with E-state index in [1.165, 1.54) is 12.4 Å². The number of carbonyl (C=O) groups excluding carboxylic acids is 1. The van der Waals surface area contributed by atoms with Gasteiger partial charge in [-0.15, -0.1) is 0 Å². The van der Waals surface area contributed by atoms with Crippen LogP contribution in [0.4, 0.5) is 0 Å². The molecule has 1 aliphatic heterocycles. The van der Waals surface area contributed by atoms with Crippen LogP contribution in [0.15, 0.2) is 9.98 Å². The van der Waals surface area contributed by atoms with Crippen molar-refractivity contribution in [2.75, 3.05) is 6.54 Å². The third-order valence-corrected chi connectivity index (χ3v) is 0.607. The molecule has 0 aromatic rings. The zero-order valence-corrected chi connectivity index (χ0v) is 3.66. The number of hydrogen-bond acceptors (Lipinski definition) is 2. The van der Waals surface area contributed by atoms with Crippen LogP contribution in [0.3, 0.4) is 0 Å². The van der Waals surface area contributed by atoms with Gasteiger partial charge in [-0.25, -0.2) is 4.99 Å². The normalized spacial score (nSPS) is 18.0. The minimum atomic E-state index is -0.258. The Labute approximate surface area is 40.8 Å². The second-order valence-corrected chi connectivity index (χ2v) is 1.14. The minimum absolute atomic E-state index is 0.258. The van der Waals surface area contributed by atoms with Crippen LogP contribution in [0, 0.1) is 0 Å². The zero-order valence-electron chi connectivity index (χ0n) is 3.66. The molecule has 1 heterocycles. The standard InChI is InChI=1S/C4H4N2O/c7-4-3-5-1-2-6-4/h2-3H,1H2. The first-order valence-corrected chi connectivity index (χ1v) is 1.96. The summed E-state index contributed by atoms with van der Waals surface area (Å²) >= 11 is 0. The van der Waals surface area contributed by atoms with Crippen LogP contribution < -0.4 is 0 Å². The first-order valence-electron chi connectivity index (χ1n) is 1.96. The molecule has 7 heavy (non-hydrogen) atoms. The Morgan fingerprint density at radius 3 is 2.86 bits per heavy atom. The predicted molar refractivity (Wildman–Crippen MR) is 26.9 cm³/mol. The number of hydrogen-bond donors (Lipinski definition) is 0. The lowest BCUT2D eigenvalue weighted by atomic mass is 10.6. The molecule has 1 aliphatic rings. The van der Waals surface area contributed by atoms with Gasteiger partial charge in [-0.2, -0.15) is 0 Å². The van der Waals surface area contributed by atoms with Gasteiger partial charge in [0.25, 0.3) is 5.91 Å². The largest absolute Gasteiger partial charge is 0.287 e. The summed E-state index contributed by atoms with van der Waals surface area (Å²) in [6, 6.07) is 0. The van der Waals surface area contributed by atoms with Crippen molar-refractivity contribution < 1.29 is 4.79 Å². The number of carbonyl (C=O) groups is 1. The number of amides is 1. The van der Waals surface area contributed by atoms with E-state index in [4.69, 9.17) is 0 Å². The molecule has 0 N–H and O–H groups in total. The molecular weight excluding hydrogens is 92.1 g/mol. The fraction of sp³-hybridized carbons (Fsp3) is 0.250. The highest BCUT2D eigenvalue weighted by atomic mass is 16.1. The molecule has 0 unspecified atom stereocenters. The van der Waals surface area contributed by atoms with Crippen molar-refractivity contribution in [3.05, 3.63) is 0 Å². The van der Waals surface area contributed by atoms with Crippen molar-refractivity contribution in [3.63, 3.8) is 0 Å². The first-order chi connectivity index (χ1) is 3.39. The van der Waals surface area contributed by atoms with E-state index in [-0.39, 0.29) is 5.91 Å². The molecule has 0 spiro atoms. The topological polar surface area (TPSA) is 41.8 Å². The fourth-order valence-electron chi connectivity index (χ4n) is 0.342. The van der Waals surface area contributed by atoms with Crippen molar-refractivity contribution in [1.29, 1.82) is 0 Å². The third kappa shape index (κ3) is 0.924. The lowest BCUT2D eigenvalue weighted by Gasteiger charge is -1.87. The van der Waals surface area contributed by atoms with Crippen molar-refractivity contribution in [1.82, 2.24) is 0 Å². The summed E-state index contributed by atoms with van der Waals surface area (Å²) in [7, 11) is 0. The molecule has 36 valence electrons. The molecule has 3 nitrogen and oxygen atoms in total. The fourth-order valence-corrected chi connectivity index (χ4v) is 0.342. The summed E-state index contributed by atoms with van der Waals surface area (Å²) in [4.78, 5) is 17.2. The van der Waals surface area contributed by atoms with Crippen LogP contribution in [0.5, 0.6) is 0 Å². The van der Waals surface area contributed by atoms with Crippen molar-refractivity contribution in [3.8, 4) is 0 Å². The highest BCUT2D eigenvalue weighted by molar-refractivity contribution is 6.29. The monoisotopic (exact) mass is 96.0 g/mol. The number of rotatable bonds is 0. The van der Waals surface area contributed by atoms with E-state index in [2.05, 4.69) is 9.98 Å². The quantitative estimate of drug-likeness (QED) is 0.407. The molecule has 0 fully saturated rings. The van der Waals surface area contributed by atoms with E-state index >= 15 is 0 Å². The van der Waals surface area contributed by atoms with E-state index in [9.17, 15) is 4.79 Å². The minimum Gasteiger partial charge on any atom is -0.282 e. The maximum atomic E-state index is 10.1. The molecular formula is C4H4N2O. The summed E-state index contributed by atoms with van der Waals surface area (Å²) in [5.74, 6) is -0.258. The number of aliphatic imine (C=N–C) groups is 2. The maximum Gasteiger partial charge on any atom is 0.287 e. The summed E-state index contributed by atoms with van der Waals surface area (Å²) in [6.45, 7) is 0.547.